The number of esters is 2. The molecule has 1 aliphatic rings. The molecule has 6 unspecified atom stereocenters. The van der Waals surface area contributed by atoms with E-state index in [1.807, 2.05) is 0 Å². The first-order valence-corrected chi connectivity index (χ1v) is 23.6. The molecule has 13 nitrogen and oxygen atoms in total. The number of hydrogen-bond acceptors (Lipinski definition) is 12. The van der Waals surface area contributed by atoms with Crippen molar-refractivity contribution in [3.8, 4) is 0 Å². The van der Waals surface area contributed by atoms with Crippen molar-refractivity contribution in [2.75, 3.05) is 13.2 Å². The first-order chi connectivity index (χ1) is 28.4. The summed E-state index contributed by atoms with van der Waals surface area (Å²) in [5.41, 5.74) is 0. The summed E-state index contributed by atoms with van der Waals surface area (Å²) in [4.78, 5) is 35.6. The molecule has 0 saturated heterocycles. The second kappa shape index (κ2) is 35.2. The van der Waals surface area contributed by atoms with Gasteiger partial charge in [0.15, 0.2) is 6.10 Å². The van der Waals surface area contributed by atoms with Crippen LogP contribution in [0.1, 0.15) is 155 Å². The average molecular weight is 857 g/mol. The largest absolute Gasteiger partial charge is 0.472 e. The van der Waals surface area contributed by atoms with Crippen molar-refractivity contribution in [3.63, 3.8) is 0 Å². The van der Waals surface area contributed by atoms with Crippen molar-refractivity contribution >= 4 is 19.8 Å². The topological polar surface area (TPSA) is 210 Å². The van der Waals surface area contributed by atoms with E-state index in [1.165, 1.54) is 38.5 Å². The van der Waals surface area contributed by atoms with Crippen LogP contribution in [-0.2, 0) is 32.7 Å². The summed E-state index contributed by atoms with van der Waals surface area (Å²) in [5.74, 6) is -1.14. The van der Waals surface area contributed by atoms with E-state index in [2.05, 4.69) is 74.6 Å². The fourth-order valence-corrected chi connectivity index (χ4v) is 7.29. The monoisotopic (exact) mass is 857 g/mol. The summed E-state index contributed by atoms with van der Waals surface area (Å²) < 4.78 is 33.4. The van der Waals surface area contributed by atoms with E-state index in [9.17, 15) is 44.6 Å². The molecular weight excluding hydrogens is 779 g/mol. The Hall–Kier alpha value is -2.45. The number of carbonyl (C=O) groups is 2. The summed E-state index contributed by atoms with van der Waals surface area (Å²) in [6.07, 6.45) is 28.6. The minimum absolute atomic E-state index is 0.0885. The standard InChI is InChI=1S/C45H77O13P/c1-3-5-7-9-11-13-15-16-17-18-19-20-21-22-24-25-27-29-31-33-38(46)55-35-37(57-39(47)34-32-30-28-26-23-14-12-10-8-6-4-2)36-56-59(53,54)58-45-43(51)41(49)40(48)42(50)44(45)52/h5,7,11,13,16-17,19-20,22,24,37,40-45,48-52H,3-4,6,8-10,12,14-15,18,21,23,25-36H2,1-2H3,(H,53,54)/b7-5+,13-11+,17-16+,20-19+,24-22+/t37-,40?,41-,42?,43?,44?,45?/m1/s1. The molecule has 1 rings (SSSR count). The molecule has 0 bridgehead atoms. The van der Waals surface area contributed by atoms with Gasteiger partial charge in [0.1, 0.15) is 43.2 Å². The van der Waals surface area contributed by atoms with Crippen molar-refractivity contribution in [1.82, 2.24) is 0 Å². The third-order valence-corrected chi connectivity index (χ3v) is 10.9. The zero-order chi connectivity index (χ0) is 43.6. The lowest BCUT2D eigenvalue weighted by Gasteiger charge is -2.41. The van der Waals surface area contributed by atoms with Crippen LogP contribution in [0.15, 0.2) is 60.8 Å². The second-order valence-corrected chi connectivity index (χ2v) is 16.6. The average Bonchev–Trinajstić information content (AvgIpc) is 3.21. The van der Waals surface area contributed by atoms with Gasteiger partial charge in [0.2, 0.25) is 0 Å². The molecule has 0 spiro atoms. The van der Waals surface area contributed by atoms with Gasteiger partial charge in [-0.3, -0.25) is 18.6 Å². The Bertz CT molecular complexity index is 1270. The Balaban J connectivity index is 2.49. The Morgan fingerprint density at radius 1 is 0.542 bits per heavy atom. The summed E-state index contributed by atoms with van der Waals surface area (Å²) in [5, 5.41) is 50.1. The lowest BCUT2D eigenvalue weighted by atomic mass is 9.85. The first kappa shape index (κ1) is 54.6. The highest BCUT2D eigenvalue weighted by Gasteiger charge is 2.51. The van der Waals surface area contributed by atoms with Gasteiger partial charge in [0, 0.05) is 12.8 Å². The van der Waals surface area contributed by atoms with Gasteiger partial charge < -0.3 is 39.9 Å². The zero-order valence-corrected chi connectivity index (χ0v) is 36.7. The number of phosphoric ester groups is 1. The predicted octanol–water partition coefficient (Wildman–Crippen LogP) is 8.16. The van der Waals surface area contributed by atoms with Gasteiger partial charge in [0.05, 0.1) is 6.61 Å². The van der Waals surface area contributed by atoms with Crippen LogP contribution < -0.4 is 0 Å². The molecule has 14 heteroatoms. The maximum Gasteiger partial charge on any atom is 0.472 e. The molecule has 6 N–H and O–H groups in total. The number of carbonyl (C=O) groups excluding carboxylic acids is 2. The highest BCUT2D eigenvalue weighted by molar-refractivity contribution is 7.47. The molecule has 59 heavy (non-hydrogen) atoms. The molecule has 0 heterocycles. The minimum atomic E-state index is -5.12. The van der Waals surface area contributed by atoms with E-state index < -0.39 is 75.7 Å². The third kappa shape index (κ3) is 27.9. The van der Waals surface area contributed by atoms with Crippen molar-refractivity contribution < 1.29 is 63.1 Å². The highest BCUT2D eigenvalue weighted by atomic mass is 31.2. The number of aliphatic hydroxyl groups is 5. The Labute approximate surface area is 353 Å². The van der Waals surface area contributed by atoms with Gasteiger partial charge in [0.25, 0.3) is 0 Å². The summed E-state index contributed by atoms with van der Waals surface area (Å²) >= 11 is 0. The fraction of sp³-hybridized carbons (Fsp3) is 0.733. The molecule has 0 aromatic heterocycles. The lowest BCUT2D eigenvalue weighted by Crippen LogP contribution is -2.64. The Kier molecular flexibility index (Phi) is 32.5. The molecule has 0 amide bonds. The molecule has 0 aromatic rings. The number of phosphoric acid groups is 1. The molecule has 1 aliphatic carbocycles. The van der Waals surface area contributed by atoms with Gasteiger partial charge >= 0.3 is 19.8 Å². The smallest absolute Gasteiger partial charge is 0.462 e. The molecule has 8 atom stereocenters. The fourth-order valence-electron chi connectivity index (χ4n) is 6.31. The van der Waals surface area contributed by atoms with Crippen molar-refractivity contribution in [2.24, 2.45) is 0 Å². The van der Waals surface area contributed by atoms with Gasteiger partial charge in [-0.1, -0.05) is 145 Å². The first-order valence-electron chi connectivity index (χ1n) is 22.1. The number of aliphatic hydroxyl groups excluding tert-OH is 5. The summed E-state index contributed by atoms with van der Waals surface area (Å²) in [6.45, 7) is 3.13. The predicted molar refractivity (Wildman–Crippen MR) is 230 cm³/mol. The third-order valence-electron chi connectivity index (χ3n) is 9.87. The van der Waals surface area contributed by atoms with E-state index in [-0.39, 0.29) is 12.8 Å². The van der Waals surface area contributed by atoms with Gasteiger partial charge in [-0.05, 0) is 57.8 Å². The molecule has 0 radical (unpaired) electrons. The van der Waals surface area contributed by atoms with Crippen molar-refractivity contribution in [2.45, 2.75) is 198 Å². The van der Waals surface area contributed by atoms with Crippen molar-refractivity contribution in [1.29, 1.82) is 0 Å². The van der Waals surface area contributed by atoms with Gasteiger partial charge in [-0.2, -0.15) is 0 Å². The summed E-state index contributed by atoms with van der Waals surface area (Å²) in [6, 6.07) is 0. The molecular formula is C45H77O13P. The molecule has 0 aliphatic heterocycles. The lowest BCUT2D eigenvalue weighted by molar-refractivity contribution is -0.220. The highest BCUT2D eigenvalue weighted by Crippen LogP contribution is 2.47. The van der Waals surface area contributed by atoms with Gasteiger partial charge in [-0.25, -0.2) is 4.57 Å². The molecule has 0 aromatic carbocycles. The Morgan fingerprint density at radius 3 is 1.47 bits per heavy atom. The minimum Gasteiger partial charge on any atom is -0.462 e. The van der Waals surface area contributed by atoms with Crippen LogP contribution in [0.3, 0.4) is 0 Å². The maximum atomic E-state index is 12.8. The maximum absolute atomic E-state index is 12.8. The molecule has 340 valence electrons. The van der Waals surface area contributed by atoms with E-state index in [4.69, 9.17) is 18.5 Å². The van der Waals surface area contributed by atoms with E-state index in [0.29, 0.717) is 12.8 Å². The quantitative estimate of drug-likeness (QED) is 0.0154. The normalized spacial score (nSPS) is 22.9. The van der Waals surface area contributed by atoms with Gasteiger partial charge in [-0.15, -0.1) is 0 Å². The number of ether oxygens (including phenoxy) is 2. The number of allylic oxidation sites excluding steroid dienone is 10. The van der Waals surface area contributed by atoms with Crippen LogP contribution in [-0.4, -0.2) is 98.3 Å². The molecule has 1 saturated carbocycles. The zero-order valence-electron chi connectivity index (χ0n) is 35.8. The van der Waals surface area contributed by atoms with Crippen LogP contribution >= 0.6 is 7.82 Å². The van der Waals surface area contributed by atoms with Crippen LogP contribution in [0, 0.1) is 0 Å². The van der Waals surface area contributed by atoms with Crippen molar-refractivity contribution in [3.05, 3.63) is 60.8 Å². The number of unbranched alkanes of at least 4 members (excludes halogenated alkanes) is 13. The van der Waals surface area contributed by atoms with E-state index >= 15 is 0 Å². The van der Waals surface area contributed by atoms with E-state index in [0.717, 1.165) is 77.0 Å². The van der Waals surface area contributed by atoms with Crippen LogP contribution in [0.5, 0.6) is 0 Å². The van der Waals surface area contributed by atoms with Crippen LogP contribution in [0.25, 0.3) is 0 Å². The summed E-state index contributed by atoms with van der Waals surface area (Å²) in [7, 11) is -5.12. The SMILES string of the molecule is CC/C=C/C/C=C/C/C=C/C/C=C/C/C=C/CCCCCC(=O)OC[C@H](COP(=O)(O)OC1C(O)C(O)C(O)[C@@H](O)C1O)OC(=O)CCCCCCCCCCCCC. The molecule has 1 fully saturated rings. The number of rotatable bonds is 35. The second-order valence-electron chi connectivity index (χ2n) is 15.2. The number of hydrogen-bond donors (Lipinski definition) is 6. The Morgan fingerprint density at radius 2 is 0.966 bits per heavy atom. The van der Waals surface area contributed by atoms with Crippen LogP contribution in [0.2, 0.25) is 0 Å². The van der Waals surface area contributed by atoms with Crippen LogP contribution in [0.4, 0.5) is 0 Å². The van der Waals surface area contributed by atoms with E-state index in [1.54, 1.807) is 0 Å².